The Morgan fingerprint density at radius 3 is 2.41 bits per heavy atom. The first-order valence-corrected chi connectivity index (χ1v) is 9.63. The van der Waals surface area contributed by atoms with E-state index in [1.807, 2.05) is 18.2 Å². The minimum absolute atomic E-state index is 0.0179. The Balaban J connectivity index is 1.60. The van der Waals surface area contributed by atoms with E-state index in [-0.39, 0.29) is 6.04 Å². The van der Waals surface area contributed by atoms with Gasteiger partial charge in [0.05, 0.1) is 25.0 Å². The summed E-state index contributed by atoms with van der Waals surface area (Å²) < 4.78 is 4.98. The molecular formula is C21H27N5O3. The molecule has 1 aliphatic rings. The molecule has 8 nitrogen and oxygen atoms in total. The second kappa shape index (κ2) is 9.99. The molecule has 1 fully saturated rings. The molecule has 2 heterocycles. The van der Waals surface area contributed by atoms with E-state index in [4.69, 9.17) is 4.74 Å². The predicted octanol–water partition coefficient (Wildman–Crippen LogP) is 1.13. The van der Waals surface area contributed by atoms with Gasteiger partial charge in [-0.1, -0.05) is 30.3 Å². The zero-order valence-electron chi connectivity index (χ0n) is 16.8. The van der Waals surface area contributed by atoms with E-state index >= 15 is 0 Å². The van der Waals surface area contributed by atoms with Crippen LogP contribution in [0.2, 0.25) is 0 Å². The first kappa shape index (κ1) is 20.8. The van der Waals surface area contributed by atoms with Crippen LogP contribution in [0.3, 0.4) is 0 Å². The molecule has 0 spiro atoms. The third-order valence-corrected chi connectivity index (χ3v) is 5.03. The Kier molecular flexibility index (Phi) is 7.15. The summed E-state index contributed by atoms with van der Waals surface area (Å²) in [5.74, 6) is -0.955. The van der Waals surface area contributed by atoms with Crippen molar-refractivity contribution in [3.05, 3.63) is 54.2 Å². The van der Waals surface area contributed by atoms with Gasteiger partial charge < -0.3 is 20.3 Å². The fourth-order valence-corrected chi connectivity index (χ4v) is 3.30. The fraction of sp³-hybridized carbons (Fsp3) is 0.381. The molecule has 0 aliphatic carbocycles. The number of aromatic nitrogens is 1. The van der Waals surface area contributed by atoms with Gasteiger partial charge in [-0.25, -0.2) is 4.98 Å². The Morgan fingerprint density at radius 1 is 1.07 bits per heavy atom. The van der Waals surface area contributed by atoms with Crippen molar-refractivity contribution in [2.75, 3.05) is 52.2 Å². The summed E-state index contributed by atoms with van der Waals surface area (Å²) in [7, 11) is 3.62. The fourth-order valence-electron chi connectivity index (χ4n) is 3.30. The third kappa shape index (κ3) is 5.75. The molecule has 2 amide bonds. The quantitative estimate of drug-likeness (QED) is 0.711. The molecule has 1 aliphatic heterocycles. The van der Waals surface area contributed by atoms with Crippen LogP contribution in [-0.2, 0) is 9.59 Å². The number of hydrogen-bond donors (Lipinski definition) is 2. The van der Waals surface area contributed by atoms with Crippen LogP contribution < -0.4 is 15.4 Å². The van der Waals surface area contributed by atoms with Gasteiger partial charge in [0, 0.05) is 38.8 Å². The Morgan fingerprint density at radius 2 is 1.79 bits per heavy atom. The van der Waals surface area contributed by atoms with Crippen LogP contribution in [0, 0.1) is 0 Å². The van der Waals surface area contributed by atoms with Gasteiger partial charge in [0.2, 0.25) is 5.88 Å². The highest BCUT2D eigenvalue weighted by molar-refractivity contribution is 6.39. The van der Waals surface area contributed by atoms with Crippen LogP contribution in [-0.4, -0.2) is 73.5 Å². The molecule has 1 aromatic carbocycles. The molecule has 2 aromatic rings. The number of nitrogens with zero attached hydrogens (tertiary/aromatic N) is 3. The summed E-state index contributed by atoms with van der Waals surface area (Å²) in [4.78, 5) is 33.2. The Labute approximate surface area is 170 Å². The number of benzene rings is 1. The lowest BCUT2D eigenvalue weighted by atomic mass is 10.0. The number of methoxy groups -OCH3 is 1. The largest absolute Gasteiger partial charge is 0.481 e. The van der Waals surface area contributed by atoms with Gasteiger partial charge in [-0.2, -0.15) is 0 Å². The topological polar surface area (TPSA) is 86.8 Å². The van der Waals surface area contributed by atoms with Crippen molar-refractivity contribution in [3.63, 3.8) is 0 Å². The number of amides is 2. The normalized spacial score (nSPS) is 16.1. The third-order valence-electron chi connectivity index (χ3n) is 5.03. The van der Waals surface area contributed by atoms with Crippen LogP contribution in [0.4, 0.5) is 5.69 Å². The molecule has 1 atom stereocenters. The second-order valence-electron chi connectivity index (χ2n) is 7.02. The molecule has 1 saturated heterocycles. The number of anilines is 1. The van der Waals surface area contributed by atoms with Crippen molar-refractivity contribution < 1.29 is 14.3 Å². The lowest BCUT2D eigenvalue weighted by Gasteiger charge is -2.38. The molecule has 2 N–H and O–H groups in total. The summed E-state index contributed by atoms with van der Waals surface area (Å²) in [5, 5.41) is 5.33. The number of nitrogens with one attached hydrogen (secondary N) is 2. The molecule has 29 heavy (non-hydrogen) atoms. The van der Waals surface area contributed by atoms with E-state index in [0.717, 1.165) is 31.7 Å². The highest BCUT2D eigenvalue weighted by Gasteiger charge is 2.25. The van der Waals surface area contributed by atoms with Gasteiger partial charge >= 0.3 is 11.8 Å². The minimum atomic E-state index is -0.720. The lowest BCUT2D eigenvalue weighted by Crippen LogP contribution is -2.49. The minimum Gasteiger partial charge on any atom is -0.481 e. The van der Waals surface area contributed by atoms with Gasteiger partial charge in [0.15, 0.2) is 0 Å². The van der Waals surface area contributed by atoms with E-state index in [1.54, 1.807) is 12.1 Å². The number of hydrogen-bond acceptors (Lipinski definition) is 6. The maximum atomic E-state index is 12.3. The van der Waals surface area contributed by atoms with Crippen molar-refractivity contribution in [2.45, 2.75) is 6.04 Å². The van der Waals surface area contributed by atoms with Crippen molar-refractivity contribution in [3.8, 4) is 5.88 Å². The van der Waals surface area contributed by atoms with Crippen LogP contribution in [0.25, 0.3) is 0 Å². The average Bonchev–Trinajstić information content (AvgIpc) is 2.76. The molecule has 0 bridgehead atoms. The zero-order chi connectivity index (χ0) is 20.6. The molecule has 0 unspecified atom stereocenters. The van der Waals surface area contributed by atoms with Crippen LogP contribution in [0.15, 0.2) is 48.7 Å². The monoisotopic (exact) mass is 397 g/mol. The van der Waals surface area contributed by atoms with Crippen molar-refractivity contribution >= 4 is 17.5 Å². The second-order valence-corrected chi connectivity index (χ2v) is 7.02. The van der Waals surface area contributed by atoms with Gasteiger partial charge in [-0.05, 0) is 18.7 Å². The highest BCUT2D eigenvalue weighted by Crippen LogP contribution is 2.21. The van der Waals surface area contributed by atoms with Gasteiger partial charge in [-0.3, -0.25) is 14.5 Å². The van der Waals surface area contributed by atoms with E-state index in [1.165, 1.54) is 13.3 Å². The predicted molar refractivity (Wildman–Crippen MR) is 111 cm³/mol. The van der Waals surface area contributed by atoms with Crippen molar-refractivity contribution in [1.29, 1.82) is 0 Å². The number of ether oxygens (including phenoxy) is 1. The maximum Gasteiger partial charge on any atom is 0.313 e. The first-order chi connectivity index (χ1) is 14.1. The summed E-state index contributed by atoms with van der Waals surface area (Å²) >= 11 is 0. The number of pyridine rings is 1. The summed E-state index contributed by atoms with van der Waals surface area (Å²) in [6.45, 7) is 4.14. The Hall–Kier alpha value is -2.97. The van der Waals surface area contributed by atoms with E-state index in [0.29, 0.717) is 18.1 Å². The SMILES string of the molecule is COc1ccc(NC(=O)C(=O)NC[C@@H](c2ccccc2)N2CCN(C)CC2)cn1. The van der Waals surface area contributed by atoms with Crippen LogP contribution in [0.1, 0.15) is 11.6 Å². The zero-order valence-corrected chi connectivity index (χ0v) is 16.8. The lowest BCUT2D eigenvalue weighted by molar-refractivity contribution is -0.136. The molecule has 0 saturated carbocycles. The first-order valence-electron chi connectivity index (χ1n) is 9.63. The molecule has 154 valence electrons. The maximum absolute atomic E-state index is 12.3. The summed E-state index contributed by atoms with van der Waals surface area (Å²) in [6.07, 6.45) is 1.45. The molecule has 0 radical (unpaired) electrons. The van der Waals surface area contributed by atoms with Gasteiger partial charge in [0.1, 0.15) is 0 Å². The average molecular weight is 397 g/mol. The van der Waals surface area contributed by atoms with E-state index in [2.05, 4.69) is 44.6 Å². The molecular weight excluding hydrogens is 370 g/mol. The number of carbonyl (C=O) groups is 2. The number of piperazine rings is 1. The smallest absolute Gasteiger partial charge is 0.313 e. The van der Waals surface area contributed by atoms with E-state index in [9.17, 15) is 9.59 Å². The van der Waals surface area contributed by atoms with Crippen LogP contribution >= 0.6 is 0 Å². The number of rotatable bonds is 6. The highest BCUT2D eigenvalue weighted by atomic mass is 16.5. The van der Waals surface area contributed by atoms with Crippen LogP contribution in [0.5, 0.6) is 5.88 Å². The Bertz CT molecular complexity index is 805. The van der Waals surface area contributed by atoms with Gasteiger partial charge in [-0.15, -0.1) is 0 Å². The van der Waals surface area contributed by atoms with Crippen molar-refractivity contribution in [2.24, 2.45) is 0 Å². The summed E-state index contributed by atoms with van der Waals surface area (Å²) in [5.41, 5.74) is 1.56. The van der Waals surface area contributed by atoms with Crippen molar-refractivity contribution in [1.82, 2.24) is 20.1 Å². The number of likely N-dealkylation sites (N-methyl/N-ethyl adjacent to an activating group) is 1. The van der Waals surface area contributed by atoms with E-state index < -0.39 is 11.8 Å². The van der Waals surface area contributed by atoms with Gasteiger partial charge in [0.25, 0.3) is 0 Å². The standard InChI is InChI=1S/C21H27N5O3/c1-25-10-12-26(13-11-25)18(16-6-4-3-5-7-16)15-23-20(27)21(28)24-17-8-9-19(29-2)22-14-17/h3-9,14,18H,10-13,15H2,1-2H3,(H,23,27)(H,24,28)/t18-/m0/s1. The molecule has 1 aromatic heterocycles. The number of carbonyl (C=O) groups excluding carboxylic acids is 2. The molecule has 3 rings (SSSR count). The molecule has 8 heteroatoms. The summed E-state index contributed by atoms with van der Waals surface area (Å²) in [6, 6.07) is 13.3.